The van der Waals surface area contributed by atoms with Gasteiger partial charge in [0, 0.05) is 12.4 Å². The molecule has 1 fully saturated rings. The Bertz CT molecular complexity index is 910. The van der Waals surface area contributed by atoms with E-state index in [1.807, 2.05) is 30.5 Å². The molecule has 1 aliphatic rings. The standard InChI is InChI=1S/C22H22N2O2/c25-22(26)20-9-3-4-13-24(20)21(19-8-5-12-23-15-19)18-11-10-16-6-1-2-7-17(16)14-18/h1-2,5-8,10-12,14-15,20-21H,3-4,9,13H2,(H,25,26). The molecule has 2 unspecified atom stereocenters. The van der Waals surface area contributed by atoms with Crippen molar-refractivity contribution < 1.29 is 9.90 Å². The quantitative estimate of drug-likeness (QED) is 0.767. The van der Waals surface area contributed by atoms with Crippen LogP contribution in [0, 0.1) is 0 Å². The van der Waals surface area contributed by atoms with Crippen molar-refractivity contribution in [2.45, 2.75) is 31.3 Å². The van der Waals surface area contributed by atoms with E-state index in [0.717, 1.165) is 30.5 Å². The Labute approximate surface area is 153 Å². The average Bonchev–Trinajstić information content (AvgIpc) is 2.69. The van der Waals surface area contributed by atoms with E-state index in [1.165, 1.54) is 10.8 Å². The van der Waals surface area contributed by atoms with Gasteiger partial charge in [0.25, 0.3) is 0 Å². The number of pyridine rings is 1. The van der Waals surface area contributed by atoms with E-state index in [9.17, 15) is 9.90 Å². The molecule has 4 heteroatoms. The number of piperidine rings is 1. The number of hydrogen-bond acceptors (Lipinski definition) is 3. The van der Waals surface area contributed by atoms with Crippen molar-refractivity contribution in [1.29, 1.82) is 0 Å². The van der Waals surface area contributed by atoms with Crippen LogP contribution in [-0.4, -0.2) is 33.5 Å². The van der Waals surface area contributed by atoms with E-state index in [-0.39, 0.29) is 6.04 Å². The van der Waals surface area contributed by atoms with Crippen LogP contribution in [0.4, 0.5) is 0 Å². The van der Waals surface area contributed by atoms with Crippen LogP contribution in [0.5, 0.6) is 0 Å². The van der Waals surface area contributed by atoms with Gasteiger partial charge in [-0.05, 0) is 53.4 Å². The van der Waals surface area contributed by atoms with Crippen LogP contribution >= 0.6 is 0 Å². The summed E-state index contributed by atoms with van der Waals surface area (Å²) >= 11 is 0. The zero-order valence-electron chi connectivity index (χ0n) is 14.6. The molecular weight excluding hydrogens is 324 g/mol. The predicted molar refractivity (Wildman–Crippen MR) is 102 cm³/mol. The highest BCUT2D eigenvalue weighted by molar-refractivity contribution is 5.83. The van der Waals surface area contributed by atoms with Crippen molar-refractivity contribution in [1.82, 2.24) is 9.88 Å². The van der Waals surface area contributed by atoms with E-state index >= 15 is 0 Å². The first-order valence-corrected chi connectivity index (χ1v) is 9.11. The van der Waals surface area contributed by atoms with Gasteiger partial charge in [-0.1, -0.05) is 48.9 Å². The number of likely N-dealkylation sites (tertiary alicyclic amines) is 1. The largest absolute Gasteiger partial charge is 0.480 e. The molecule has 0 saturated carbocycles. The SMILES string of the molecule is O=C(O)C1CCCCN1C(c1cccnc1)c1ccc2ccccc2c1. The summed E-state index contributed by atoms with van der Waals surface area (Å²) in [5.41, 5.74) is 2.15. The average molecular weight is 346 g/mol. The summed E-state index contributed by atoms with van der Waals surface area (Å²) < 4.78 is 0. The molecule has 1 aromatic heterocycles. The highest BCUT2D eigenvalue weighted by Crippen LogP contribution is 2.35. The summed E-state index contributed by atoms with van der Waals surface area (Å²) in [4.78, 5) is 18.3. The topological polar surface area (TPSA) is 53.4 Å². The molecule has 2 heterocycles. The van der Waals surface area contributed by atoms with Crippen LogP contribution in [0.15, 0.2) is 67.0 Å². The Morgan fingerprint density at radius 2 is 1.88 bits per heavy atom. The maximum Gasteiger partial charge on any atom is 0.320 e. The number of hydrogen-bond donors (Lipinski definition) is 1. The van der Waals surface area contributed by atoms with E-state index in [0.29, 0.717) is 6.42 Å². The predicted octanol–water partition coefficient (Wildman–Crippen LogP) is 4.26. The Morgan fingerprint density at radius 1 is 1.04 bits per heavy atom. The van der Waals surface area contributed by atoms with Crippen LogP contribution in [0.3, 0.4) is 0 Å². The molecule has 0 radical (unpaired) electrons. The molecule has 2 atom stereocenters. The normalized spacial score (nSPS) is 19.3. The molecule has 1 aliphatic heterocycles. The van der Waals surface area contributed by atoms with Gasteiger partial charge >= 0.3 is 5.97 Å². The van der Waals surface area contributed by atoms with Gasteiger partial charge in [-0.15, -0.1) is 0 Å². The summed E-state index contributed by atoms with van der Waals surface area (Å²) in [7, 11) is 0. The van der Waals surface area contributed by atoms with E-state index in [2.05, 4.69) is 40.2 Å². The molecule has 0 spiro atoms. The van der Waals surface area contributed by atoms with Gasteiger partial charge < -0.3 is 5.11 Å². The Balaban J connectivity index is 1.83. The smallest absolute Gasteiger partial charge is 0.320 e. The molecule has 0 aliphatic carbocycles. The lowest BCUT2D eigenvalue weighted by Gasteiger charge is -2.39. The third kappa shape index (κ3) is 3.20. The van der Waals surface area contributed by atoms with Crippen LogP contribution in [0.1, 0.15) is 36.4 Å². The van der Waals surface area contributed by atoms with Crippen LogP contribution in [0.25, 0.3) is 10.8 Å². The summed E-state index contributed by atoms with van der Waals surface area (Å²) in [5, 5.41) is 12.1. The number of carboxylic acids is 1. The second-order valence-electron chi connectivity index (χ2n) is 6.88. The van der Waals surface area contributed by atoms with Gasteiger partial charge in [-0.2, -0.15) is 0 Å². The fourth-order valence-electron chi connectivity index (χ4n) is 4.02. The first-order valence-electron chi connectivity index (χ1n) is 9.11. The van der Waals surface area contributed by atoms with Gasteiger partial charge in [0.1, 0.15) is 6.04 Å². The van der Waals surface area contributed by atoms with E-state index < -0.39 is 12.0 Å². The van der Waals surface area contributed by atoms with Crippen molar-refractivity contribution in [3.8, 4) is 0 Å². The third-order valence-electron chi connectivity index (χ3n) is 5.25. The van der Waals surface area contributed by atoms with E-state index in [4.69, 9.17) is 0 Å². The van der Waals surface area contributed by atoms with Crippen LogP contribution in [0.2, 0.25) is 0 Å². The fraction of sp³-hybridized carbons (Fsp3) is 0.273. The molecule has 1 saturated heterocycles. The van der Waals surface area contributed by atoms with Gasteiger partial charge in [0.15, 0.2) is 0 Å². The van der Waals surface area contributed by atoms with Gasteiger partial charge in [0.2, 0.25) is 0 Å². The van der Waals surface area contributed by atoms with Crippen molar-refractivity contribution in [3.63, 3.8) is 0 Å². The van der Waals surface area contributed by atoms with Crippen molar-refractivity contribution in [2.24, 2.45) is 0 Å². The van der Waals surface area contributed by atoms with Crippen molar-refractivity contribution in [3.05, 3.63) is 78.1 Å². The van der Waals surface area contributed by atoms with Crippen LogP contribution < -0.4 is 0 Å². The lowest BCUT2D eigenvalue weighted by molar-refractivity contribution is -0.145. The molecular formula is C22H22N2O2. The van der Waals surface area contributed by atoms with Gasteiger partial charge in [0.05, 0.1) is 6.04 Å². The molecule has 4 nitrogen and oxygen atoms in total. The van der Waals surface area contributed by atoms with Gasteiger partial charge in [-0.3, -0.25) is 14.7 Å². The monoisotopic (exact) mass is 346 g/mol. The third-order valence-corrected chi connectivity index (χ3v) is 5.25. The van der Waals surface area contributed by atoms with Crippen LogP contribution in [-0.2, 0) is 4.79 Å². The number of aromatic nitrogens is 1. The molecule has 0 amide bonds. The molecule has 26 heavy (non-hydrogen) atoms. The number of nitrogens with zero attached hydrogens (tertiary/aromatic N) is 2. The van der Waals surface area contributed by atoms with Crippen molar-refractivity contribution >= 4 is 16.7 Å². The first kappa shape index (κ1) is 16.7. The number of carboxylic acid groups (broad SMARTS) is 1. The summed E-state index contributed by atoms with van der Waals surface area (Å²) in [6.45, 7) is 0.781. The summed E-state index contributed by atoms with van der Waals surface area (Å²) in [6, 6.07) is 18.1. The van der Waals surface area contributed by atoms with Crippen molar-refractivity contribution in [2.75, 3.05) is 6.54 Å². The Kier molecular flexibility index (Phi) is 4.67. The Morgan fingerprint density at radius 3 is 2.65 bits per heavy atom. The second kappa shape index (κ2) is 7.26. The molecule has 2 aromatic carbocycles. The summed E-state index contributed by atoms with van der Waals surface area (Å²) in [5.74, 6) is -0.737. The fourth-order valence-corrected chi connectivity index (χ4v) is 4.02. The number of carbonyl (C=O) groups is 1. The minimum absolute atomic E-state index is 0.102. The molecule has 0 bridgehead atoms. The minimum atomic E-state index is -0.737. The first-order chi connectivity index (χ1) is 12.7. The number of rotatable bonds is 4. The Hall–Kier alpha value is -2.72. The molecule has 3 aromatic rings. The zero-order valence-corrected chi connectivity index (χ0v) is 14.6. The highest BCUT2D eigenvalue weighted by atomic mass is 16.4. The summed E-state index contributed by atoms with van der Waals surface area (Å²) in [6.07, 6.45) is 6.29. The molecule has 132 valence electrons. The molecule has 1 N–H and O–H groups in total. The lowest BCUT2D eigenvalue weighted by atomic mass is 9.91. The number of benzene rings is 2. The van der Waals surface area contributed by atoms with E-state index in [1.54, 1.807) is 6.20 Å². The van der Waals surface area contributed by atoms with Gasteiger partial charge in [-0.25, -0.2) is 0 Å². The maximum absolute atomic E-state index is 11.9. The number of fused-ring (bicyclic) bond motifs is 1. The molecule has 4 rings (SSSR count). The maximum atomic E-state index is 11.9. The number of aliphatic carboxylic acids is 1. The lowest BCUT2D eigenvalue weighted by Crippen LogP contribution is -2.46. The second-order valence-corrected chi connectivity index (χ2v) is 6.88. The highest BCUT2D eigenvalue weighted by Gasteiger charge is 2.35. The zero-order chi connectivity index (χ0) is 17.9. The minimum Gasteiger partial charge on any atom is -0.480 e.